The summed E-state index contributed by atoms with van der Waals surface area (Å²) in [4.78, 5) is 31.8. The average molecular weight is 625 g/mol. The number of nitrogens with one attached hydrogen (secondary N) is 2. The highest BCUT2D eigenvalue weighted by molar-refractivity contribution is 5.98. The number of H-pyrrole nitrogens is 1. The van der Waals surface area contributed by atoms with E-state index in [-0.39, 0.29) is 12.0 Å². The number of anilines is 1. The third kappa shape index (κ3) is 5.59. The lowest BCUT2D eigenvalue weighted by Gasteiger charge is -2.33. The van der Waals surface area contributed by atoms with E-state index in [2.05, 4.69) is 81.4 Å². The second-order valence-electron chi connectivity index (χ2n) is 11.7. The average Bonchev–Trinajstić information content (AvgIpc) is 3.87. The van der Waals surface area contributed by atoms with Gasteiger partial charge >= 0.3 is 0 Å². The van der Waals surface area contributed by atoms with Crippen molar-refractivity contribution in [3.8, 4) is 16.9 Å². The lowest BCUT2D eigenvalue weighted by Crippen LogP contribution is -2.48. The van der Waals surface area contributed by atoms with Gasteiger partial charge in [-0.3, -0.25) is 4.79 Å². The molecule has 1 aliphatic rings. The number of nitrogens with zero attached hydrogens (tertiary/aromatic N) is 8. The van der Waals surface area contributed by atoms with Crippen molar-refractivity contribution in [1.29, 1.82) is 0 Å². The Morgan fingerprint density at radius 1 is 1.02 bits per heavy atom. The van der Waals surface area contributed by atoms with Crippen molar-refractivity contribution in [2.75, 3.05) is 31.1 Å². The zero-order valence-electron chi connectivity index (χ0n) is 25.7. The number of hydrogen-bond acceptors (Lipinski definition) is 8. The quantitative estimate of drug-likeness (QED) is 0.252. The Bertz CT molecular complexity index is 2200. The molecule has 1 aliphatic heterocycles. The maximum absolute atomic E-state index is 13.6. The molecule has 2 N–H and O–H groups in total. The number of benzene rings is 3. The Kier molecular flexibility index (Phi) is 7.38. The summed E-state index contributed by atoms with van der Waals surface area (Å²) in [7, 11) is 0. The molecule has 1 fully saturated rings. The number of aryl methyl sites for hydroxylation is 1. The molecule has 0 radical (unpaired) electrons. The van der Waals surface area contributed by atoms with Gasteiger partial charge in [-0.1, -0.05) is 59.8 Å². The molecule has 1 unspecified atom stereocenters. The number of aromatic amines is 1. The molecule has 1 saturated heterocycles. The SMILES string of the molecule is Cc1ccc(C(=O)NCC2CN(c3ncnc4nc[nH]c34)CCO2)c(-n2cc(Cn3c(-c4ccccc4)cc4ccccc43)nn2)c1. The molecule has 0 bridgehead atoms. The van der Waals surface area contributed by atoms with E-state index in [9.17, 15) is 4.79 Å². The van der Waals surface area contributed by atoms with Crippen molar-refractivity contribution in [3.05, 3.63) is 115 Å². The molecular weight excluding hydrogens is 592 g/mol. The number of amides is 1. The first-order valence-corrected chi connectivity index (χ1v) is 15.6. The second-order valence-corrected chi connectivity index (χ2v) is 11.7. The van der Waals surface area contributed by atoms with Crippen LogP contribution in [0.15, 0.2) is 97.7 Å². The number of fused-ring (bicyclic) bond motifs is 2. The summed E-state index contributed by atoms with van der Waals surface area (Å²) in [5, 5.41) is 13.2. The van der Waals surface area contributed by atoms with Gasteiger partial charge in [-0.2, -0.15) is 0 Å². The molecule has 0 spiro atoms. The summed E-state index contributed by atoms with van der Waals surface area (Å²) in [6, 6.07) is 26.6. The van der Waals surface area contributed by atoms with Gasteiger partial charge in [0.15, 0.2) is 11.5 Å². The topological polar surface area (TPSA) is 132 Å². The summed E-state index contributed by atoms with van der Waals surface area (Å²) >= 11 is 0. The van der Waals surface area contributed by atoms with Gasteiger partial charge in [0.05, 0.1) is 43.0 Å². The fourth-order valence-electron chi connectivity index (χ4n) is 6.23. The molecule has 7 aromatic rings. The Morgan fingerprint density at radius 2 is 1.89 bits per heavy atom. The van der Waals surface area contributed by atoms with E-state index in [1.54, 1.807) is 11.0 Å². The summed E-state index contributed by atoms with van der Waals surface area (Å²) in [6.07, 6.45) is 4.81. The predicted molar refractivity (Wildman–Crippen MR) is 179 cm³/mol. The third-order valence-electron chi connectivity index (χ3n) is 8.52. The van der Waals surface area contributed by atoms with Crippen LogP contribution in [0.4, 0.5) is 5.82 Å². The first-order valence-electron chi connectivity index (χ1n) is 15.6. The van der Waals surface area contributed by atoms with E-state index in [1.807, 2.05) is 55.6 Å². The molecule has 234 valence electrons. The number of para-hydroxylation sites is 1. The Balaban J connectivity index is 1.01. The van der Waals surface area contributed by atoms with Crippen LogP contribution in [-0.4, -0.2) is 77.7 Å². The van der Waals surface area contributed by atoms with Crippen LogP contribution in [0, 0.1) is 6.92 Å². The van der Waals surface area contributed by atoms with Crippen LogP contribution in [0.25, 0.3) is 39.0 Å². The highest BCUT2D eigenvalue weighted by Crippen LogP contribution is 2.29. The standard InChI is InChI=1S/C35H32N10O2/c1-23-11-12-28(35(46)36-17-27-20-43(13-14-47-27)34-32-33(38-21-37-32)39-22-40-34)31(15-23)45-19-26(41-42-45)18-44-29-10-6-5-9-25(29)16-30(44)24-7-3-2-4-8-24/h2-12,15-16,19,21-22,27H,13-14,17-18,20H2,1H3,(H,36,46)(H,37,38,39,40). The molecule has 8 rings (SSSR count). The van der Waals surface area contributed by atoms with Crippen LogP contribution in [-0.2, 0) is 11.3 Å². The van der Waals surface area contributed by atoms with Gasteiger partial charge in [-0.15, -0.1) is 5.10 Å². The summed E-state index contributed by atoms with van der Waals surface area (Å²) in [6.45, 7) is 4.62. The molecule has 1 amide bonds. The summed E-state index contributed by atoms with van der Waals surface area (Å²) in [5.74, 6) is 0.567. The maximum Gasteiger partial charge on any atom is 0.253 e. The molecule has 12 heteroatoms. The third-order valence-corrected chi connectivity index (χ3v) is 8.52. The molecule has 3 aromatic carbocycles. The van der Waals surface area contributed by atoms with Gasteiger partial charge in [0.1, 0.15) is 17.5 Å². The maximum atomic E-state index is 13.6. The summed E-state index contributed by atoms with van der Waals surface area (Å²) in [5.41, 5.74) is 7.72. The number of carbonyl (C=O) groups is 1. The van der Waals surface area contributed by atoms with E-state index < -0.39 is 0 Å². The number of rotatable bonds is 8. The van der Waals surface area contributed by atoms with Crippen molar-refractivity contribution in [1.82, 2.24) is 44.8 Å². The van der Waals surface area contributed by atoms with Crippen LogP contribution in [0.3, 0.4) is 0 Å². The minimum absolute atomic E-state index is 0.210. The number of carbonyl (C=O) groups excluding carboxylic acids is 1. The molecule has 5 heterocycles. The lowest BCUT2D eigenvalue weighted by molar-refractivity contribution is 0.0395. The Labute approximate surface area is 270 Å². The number of morpholine rings is 1. The normalized spacial score (nSPS) is 15.0. The smallest absolute Gasteiger partial charge is 0.253 e. The van der Waals surface area contributed by atoms with E-state index in [0.717, 1.165) is 44.8 Å². The minimum atomic E-state index is -0.220. The molecule has 12 nitrogen and oxygen atoms in total. The molecule has 1 atom stereocenters. The molecule has 0 saturated carbocycles. The van der Waals surface area contributed by atoms with E-state index in [4.69, 9.17) is 4.74 Å². The van der Waals surface area contributed by atoms with Crippen molar-refractivity contribution in [3.63, 3.8) is 0 Å². The van der Waals surface area contributed by atoms with Crippen molar-refractivity contribution < 1.29 is 9.53 Å². The minimum Gasteiger partial charge on any atom is -0.373 e. The number of imidazole rings is 1. The number of ether oxygens (including phenoxy) is 1. The summed E-state index contributed by atoms with van der Waals surface area (Å²) < 4.78 is 9.96. The van der Waals surface area contributed by atoms with Gasteiger partial charge in [-0.25, -0.2) is 19.6 Å². The van der Waals surface area contributed by atoms with E-state index >= 15 is 0 Å². The zero-order valence-corrected chi connectivity index (χ0v) is 25.7. The van der Waals surface area contributed by atoms with Crippen molar-refractivity contribution >= 4 is 33.8 Å². The first-order chi connectivity index (χ1) is 23.1. The van der Waals surface area contributed by atoms with Crippen LogP contribution >= 0.6 is 0 Å². The lowest BCUT2D eigenvalue weighted by atomic mass is 10.1. The Morgan fingerprint density at radius 3 is 2.81 bits per heavy atom. The van der Waals surface area contributed by atoms with E-state index in [1.165, 1.54) is 6.33 Å². The monoisotopic (exact) mass is 624 g/mol. The van der Waals surface area contributed by atoms with Gasteiger partial charge in [0.2, 0.25) is 0 Å². The van der Waals surface area contributed by atoms with Gasteiger partial charge in [0, 0.05) is 36.2 Å². The van der Waals surface area contributed by atoms with Gasteiger partial charge in [-0.05, 0) is 42.3 Å². The molecule has 0 aliphatic carbocycles. The van der Waals surface area contributed by atoms with Gasteiger partial charge in [0.25, 0.3) is 5.91 Å². The van der Waals surface area contributed by atoms with Gasteiger partial charge < -0.3 is 24.5 Å². The predicted octanol–water partition coefficient (Wildman–Crippen LogP) is 4.55. The van der Waals surface area contributed by atoms with Crippen molar-refractivity contribution in [2.24, 2.45) is 0 Å². The first kappa shape index (κ1) is 28.6. The highest BCUT2D eigenvalue weighted by Gasteiger charge is 2.25. The molecule has 4 aromatic heterocycles. The zero-order chi connectivity index (χ0) is 31.7. The van der Waals surface area contributed by atoms with E-state index in [0.29, 0.717) is 49.7 Å². The molecular formula is C35H32N10O2. The van der Waals surface area contributed by atoms with Crippen LogP contribution in [0.2, 0.25) is 0 Å². The van der Waals surface area contributed by atoms with Crippen LogP contribution < -0.4 is 10.2 Å². The van der Waals surface area contributed by atoms with Crippen molar-refractivity contribution in [2.45, 2.75) is 19.6 Å². The second kappa shape index (κ2) is 12.1. The fraction of sp³-hybridized carbons (Fsp3) is 0.200. The van der Waals surface area contributed by atoms with Crippen LogP contribution in [0.5, 0.6) is 0 Å². The number of hydrogen-bond donors (Lipinski definition) is 2. The highest BCUT2D eigenvalue weighted by atomic mass is 16.5. The molecule has 47 heavy (non-hydrogen) atoms. The van der Waals surface area contributed by atoms with Crippen LogP contribution in [0.1, 0.15) is 21.6 Å². The largest absolute Gasteiger partial charge is 0.373 e. The fourth-order valence-corrected chi connectivity index (χ4v) is 6.23. The number of aromatic nitrogens is 8. The Hall–Kier alpha value is -5.88.